The van der Waals surface area contributed by atoms with Gasteiger partial charge in [-0.15, -0.1) is 0 Å². The fourth-order valence-corrected chi connectivity index (χ4v) is 5.66. The van der Waals surface area contributed by atoms with Crippen LogP contribution in [0, 0.1) is 0 Å². The maximum absolute atomic E-state index is 13.1. The van der Waals surface area contributed by atoms with E-state index < -0.39 is 11.4 Å². The third-order valence-electron chi connectivity index (χ3n) is 7.67. The number of rotatable bonds is 7. The van der Waals surface area contributed by atoms with Crippen molar-refractivity contribution in [1.82, 2.24) is 25.5 Å². The number of aryl methyl sites for hydroxylation is 1. The number of anilines is 2. The molecule has 1 saturated heterocycles. The molecule has 0 radical (unpaired) electrons. The van der Waals surface area contributed by atoms with Crippen molar-refractivity contribution in [2.45, 2.75) is 43.9 Å². The number of fused-ring (bicyclic) bond motifs is 3. The SMILES string of the molecule is Nc1nc(N)c(C(=O)/N=C2\NCC3(CC4CC3=CN4C(=O)CCc3ccc(OCc4ccccc4)cc3)N2)nc1Cl. The first kappa shape index (κ1) is 26.6. The van der Waals surface area contributed by atoms with E-state index in [0.717, 1.165) is 28.9 Å². The first-order valence-electron chi connectivity index (χ1n) is 13.3. The zero-order chi connectivity index (χ0) is 28.6. The second kappa shape index (κ2) is 10.7. The Labute approximate surface area is 241 Å². The van der Waals surface area contributed by atoms with Crippen LogP contribution in [-0.4, -0.2) is 50.8 Å². The van der Waals surface area contributed by atoms with E-state index in [2.05, 4.69) is 25.6 Å². The minimum atomic E-state index is -0.686. The number of amides is 2. The number of hydrogen-bond donors (Lipinski definition) is 4. The van der Waals surface area contributed by atoms with E-state index in [1.807, 2.05) is 65.7 Å². The van der Waals surface area contributed by atoms with Crippen LogP contribution in [0.25, 0.3) is 0 Å². The van der Waals surface area contributed by atoms with Gasteiger partial charge in [-0.1, -0.05) is 54.1 Å². The third kappa shape index (κ3) is 5.40. The number of aliphatic imine (C=N–C) groups is 1. The molecule has 1 spiro atoms. The standard InChI is InChI=1S/C29H29ClN8O3/c30-24-26(32)35-25(31)23(34-24)27(40)36-28-33-16-29(37-28)13-20-12-19(29)14-38(20)22(39)11-8-17-6-9-21(10-7-17)41-15-18-4-2-1-3-5-18/h1-7,9-10,14,20H,8,11-13,15-16H2,(H4,31,32,35)(H2,33,36,37,40). The van der Waals surface area contributed by atoms with Crippen LogP contribution in [0.3, 0.4) is 0 Å². The van der Waals surface area contributed by atoms with Crippen molar-refractivity contribution in [2.75, 3.05) is 18.0 Å². The number of halogens is 1. The Morgan fingerprint density at radius 2 is 1.85 bits per heavy atom. The molecule has 2 aromatic carbocycles. The van der Waals surface area contributed by atoms with Gasteiger partial charge in [-0.3, -0.25) is 9.59 Å². The summed E-state index contributed by atoms with van der Waals surface area (Å²) in [6.07, 6.45) is 4.50. The lowest BCUT2D eigenvalue weighted by molar-refractivity contribution is -0.130. The fourth-order valence-electron chi connectivity index (χ4n) is 5.54. The highest BCUT2D eigenvalue weighted by atomic mass is 35.5. The van der Waals surface area contributed by atoms with Gasteiger partial charge in [-0.2, -0.15) is 4.99 Å². The molecule has 11 nitrogen and oxygen atoms in total. The molecule has 2 bridgehead atoms. The number of ether oxygens (including phenoxy) is 1. The first-order chi connectivity index (χ1) is 19.8. The summed E-state index contributed by atoms with van der Waals surface area (Å²) in [6, 6.07) is 18.0. The second-order valence-corrected chi connectivity index (χ2v) is 10.8. The molecule has 2 aliphatic heterocycles. The van der Waals surface area contributed by atoms with Crippen molar-refractivity contribution in [1.29, 1.82) is 0 Å². The van der Waals surface area contributed by atoms with Crippen LogP contribution in [0.2, 0.25) is 5.15 Å². The van der Waals surface area contributed by atoms with Crippen molar-refractivity contribution in [2.24, 2.45) is 4.99 Å². The van der Waals surface area contributed by atoms with E-state index in [0.29, 0.717) is 38.4 Å². The maximum atomic E-state index is 13.1. The number of aromatic nitrogens is 2. The highest BCUT2D eigenvalue weighted by molar-refractivity contribution is 6.31. The maximum Gasteiger partial charge on any atom is 0.302 e. The molecule has 1 aliphatic carbocycles. The summed E-state index contributed by atoms with van der Waals surface area (Å²) in [4.78, 5) is 39.4. The van der Waals surface area contributed by atoms with E-state index in [1.165, 1.54) is 0 Å². The summed E-state index contributed by atoms with van der Waals surface area (Å²) in [6.45, 7) is 1.06. The third-order valence-corrected chi connectivity index (χ3v) is 7.94. The van der Waals surface area contributed by atoms with Crippen LogP contribution >= 0.6 is 11.6 Å². The number of carbonyl (C=O) groups excluding carboxylic acids is 2. The lowest BCUT2D eigenvalue weighted by Gasteiger charge is -2.32. The molecule has 2 fully saturated rings. The molecule has 1 saturated carbocycles. The van der Waals surface area contributed by atoms with Gasteiger partial charge in [0.2, 0.25) is 5.91 Å². The summed E-state index contributed by atoms with van der Waals surface area (Å²) in [7, 11) is 0. The summed E-state index contributed by atoms with van der Waals surface area (Å²) < 4.78 is 5.86. The van der Waals surface area contributed by atoms with Gasteiger partial charge in [0.15, 0.2) is 28.4 Å². The van der Waals surface area contributed by atoms with Crippen LogP contribution in [-0.2, 0) is 17.8 Å². The predicted molar refractivity (Wildman–Crippen MR) is 155 cm³/mol. The fraction of sp³-hybridized carbons (Fsp3) is 0.276. The van der Waals surface area contributed by atoms with Crippen LogP contribution in [0.4, 0.5) is 11.6 Å². The summed E-state index contributed by atoms with van der Waals surface area (Å²) >= 11 is 5.89. The molecule has 6 rings (SSSR count). The monoisotopic (exact) mass is 572 g/mol. The number of guanidine groups is 1. The van der Waals surface area contributed by atoms with Crippen LogP contribution in [0.1, 0.15) is 40.9 Å². The predicted octanol–water partition coefficient (Wildman–Crippen LogP) is 2.82. The Bertz CT molecular complexity index is 1560. The van der Waals surface area contributed by atoms with Crippen molar-refractivity contribution in [3.63, 3.8) is 0 Å². The molecule has 41 heavy (non-hydrogen) atoms. The molecular formula is C29H29ClN8O3. The van der Waals surface area contributed by atoms with Crippen molar-refractivity contribution < 1.29 is 14.3 Å². The molecule has 2 atom stereocenters. The van der Waals surface area contributed by atoms with E-state index in [1.54, 1.807) is 0 Å². The lowest BCUT2D eigenvalue weighted by Crippen LogP contribution is -2.48. The number of nitrogens with two attached hydrogens (primary N) is 2. The molecule has 3 heterocycles. The number of nitrogens with one attached hydrogen (secondary N) is 2. The zero-order valence-corrected chi connectivity index (χ0v) is 22.9. The zero-order valence-electron chi connectivity index (χ0n) is 22.1. The number of benzene rings is 2. The van der Waals surface area contributed by atoms with Crippen LogP contribution < -0.4 is 26.8 Å². The van der Waals surface area contributed by atoms with Crippen LogP contribution in [0.5, 0.6) is 5.75 Å². The largest absolute Gasteiger partial charge is 0.489 e. The van der Waals surface area contributed by atoms with Gasteiger partial charge in [0.25, 0.3) is 0 Å². The molecule has 210 valence electrons. The van der Waals surface area contributed by atoms with E-state index in [-0.39, 0.29) is 34.4 Å². The molecule has 1 aromatic heterocycles. The number of carbonyl (C=O) groups is 2. The molecule has 2 amide bonds. The Morgan fingerprint density at radius 3 is 2.59 bits per heavy atom. The lowest BCUT2D eigenvalue weighted by atomic mass is 9.92. The average Bonchev–Trinajstić information content (AvgIpc) is 3.68. The van der Waals surface area contributed by atoms with Crippen molar-refractivity contribution in [3.8, 4) is 5.75 Å². The smallest absolute Gasteiger partial charge is 0.302 e. The number of hydrogen-bond acceptors (Lipinski definition) is 7. The van der Waals surface area contributed by atoms with Gasteiger partial charge in [-0.05, 0) is 48.1 Å². The molecule has 2 unspecified atom stereocenters. The summed E-state index contributed by atoms with van der Waals surface area (Å²) in [5, 5.41) is 6.38. The topological polar surface area (TPSA) is 161 Å². The van der Waals surface area contributed by atoms with Gasteiger partial charge >= 0.3 is 5.91 Å². The minimum absolute atomic E-state index is 0.0560. The second-order valence-electron chi connectivity index (χ2n) is 10.4. The Kier molecular flexibility index (Phi) is 6.96. The van der Waals surface area contributed by atoms with E-state index in [9.17, 15) is 9.59 Å². The van der Waals surface area contributed by atoms with E-state index >= 15 is 0 Å². The quantitative estimate of drug-likeness (QED) is 0.333. The summed E-state index contributed by atoms with van der Waals surface area (Å²) in [5.41, 5.74) is 14.1. The van der Waals surface area contributed by atoms with Gasteiger partial charge in [0.05, 0.1) is 5.54 Å². The molecule has 3 aromatic rings. The Morgan fingerprint density at radius 1 is 1.07 bits per heavy atom. The summed E-state index contributed by atoms with van der Waals surface area (Å²) in [5.74, 6) is 0.318. The molecule has 3 aliphatic rings. The van der Waals surface area contributed by atoms with Gasteiger partial charge < -0.3 is 31.7 Å². The highest BCUT2D eigenvalue weighted by Gasteiger charge is 2.53. The number of nitrogens with zero attached hydrogens (tertiary/aromatic N) is 4. The van der Waals surface area contributed by atoms with Crippen LogP contribution in [0.15, 0.2) is 71.4 Å². The first-order valence-corrected chi connectivity index (χ1v) is 13.7. The molecule has 6 N–H and O–H groups in total. The average molecular weight is 573 g/mol. The Hall–Kier alpha value is -4.64. The van der Waals surface area contributed by atoms with Gasteiger partial charge in [0, 0.05) is 25.2 Å². The van der Waals surface area contributed by atoms with E-state index in [4.69, 9.17) is 27.8 Å². The molecule has 12 heteroatoms. The highest BCUT2D eigenvalue weighted by Crippen LogP contribution is 2.44. The van der Waals surface area contributed by atoms with Gasteiger partial charge in [-0.25, -0.2) is 9.97 Å². The normalized spacial score (nSPS) is 21.6. The van der Waals surface area contributed by atoms with Gasteiger partial charge in [0.1, 0.15) is 12.4 Å². The molecular weight excluding hydrogens is 544 g/mol. The number of nitrogen functional groups attached to an aromatic ring is 2. The Balaban J connectivity index is 1.03. The minimum Gasteiger partial charge on any atom is -0.489 e. The van der Waals surface area contributed by atoms with Crippen molar-refractivity contribution >= 4 is 41.0 Å². The van der Waals surface area contributed by atoms with Crippen molar-refractivity contribution in [3.05, 3.63) is 88.3 Å².